The summed E-state index contributed by atoms with van der Waals surface area (Å²) in [5.41, 5.74) is -0.0912. The van der Waals surface area contributed by atoms with Crippen molar-refractivity contribution in [2.24, 2.45) is 5.41 Å². The Kier molecular flexibility index (Phi) is 6.96. The molecule has 0 saturated heterocycles. The van der Waals surface area contributed by atoms with E-state index in [0.29, 0.717) is 10.3 Å². The third-order valence-corrected chi connectivity index (χ3v) is 6.45. The van der Waals surface area contributed by atoms with Crippen LogP contribution in [0.2, 0.25) is 0 Å². The van der Waals surface area contributed by atoms with Crippen LogP contribution in [0.15, 0.2) is 35.2 Å². The van der Waals surface area contributed by atoms with Crippen LogP contribution in [-0.2, 0) is 10.0 Å². The molecule has 0 aliphatic heterocycles. The summed E-state index contributed by atoms with van der Waals surface area (Å²) in [5, 5.41) is 0. The number of thioether (sulfide) groups is 1. The summed E-state index contributed by atoms with van der Waals surface area (Å²) in [6.45, 7) is 10.6. The fraction of sp³-hybridized carbons (Fsp3) is 0.647. The molecule has 0 aliphatic carbocycles. The summed E-state index contributed by atoms with van der Waals surface area (Å²) in [6, 6.07) is 8.54. The molecule has 1 aromatic rings. The number of sulfonamides is 1. The molecule has 22 heavy (non-hydrogen) atoms. The first-order valence-corrected chi connectivity index (χ1v) is 10.3. The van der Waals surface area contributed by atoms with Crippen LogP contribution in [0.3, 0.4) is 0 Å². The van der Waals surface area contributed by atoms with E-state index in [0.717, 1.165) is 24.3 Å². The van der Waals surface area contributed by atoms with E-state index >= 15 is 0 Å². The predicted octanol–water partition coefficient (Wildman–Crippen LogP) is 4.30. The van der Waals surface area contributed by atoms with Crippen LogP contribution in [0.25, 0.3) is 0 Å². The van der Waals surface area contributed by atoms with Gasteiger partial charge in [-0.1, -0.05) is 39.0 Å². The van der Waals surface area contributed by atoms with Gasteiger partial charge in [0, 0.05) is 5.54 Å². The molecule has 0 fully saturated rings. The van der Waals surface area contributed by atoms with Crippen LogP contribution in [-0.4, -0.2) is 25.5 Å². The lowest BCUT2D eigenvalue weighted by molar-refractivity contribution is 0.419. The van der Waals surface area contributed by atoms with Crippen molar-refractivity contribution in [3.8, 4) is 0 Å². The number of hydrogen-bond donors (Lipinski definition) is 1. The largest absolute Gasteiger partial charge is 0.241 e. The molecule has 0 bridgehead atoms. The summed E-state index contributed by atoms with van der Waals surface area (Å²) >= 11 is 1.94. The Balaban J connectivity index is 2.47. The summed E-state index contributed by atoms with van der Waals surface area (Å²) in [6.07, 6.45) is 1.83. The van der Waals surface area contributed by atoms with Crippen LogP contribution in [0, 0.1) is 5.41 Å². The minimum absolute atomic E-state index is 0.324. The lowest BCUT2D eigenvalue weighted by Gasteiger charge is -2.26. The minimum Gasteiger partial charge on any atom is -0.207 e. The first-order chi connectivity index (χ1) is 10.0. The topological polar surface area (TPSA) is 46.2 Å². The monoisotopic (exact) mass is 343 g/mol. The Morgan fingerprint density at radius 2 is 1.64 bits per heavy atom. The second kappa shape index (κ2) is 7.84. The van der Waals surface area contributed by atoms with Crippen molar-refractivity contribution in [1.82, 2.24) is 4.72 Å². The molecule has 126 valence electrons. The van der Waals surface area contributed by atoms with E-state index in [-0.39, 0.29) is 0 Å². The molecule has 0 atom stereocenters. The molecule has 0 radical (unpaired) electrons. The fourth-order valence-electron chi connectivity index (χ4n) is 2.07. The Morgan fingerprint density at radius 3 is 2.18 bits per heavy atom. The smallest absolute Gasteiger partial charge is 0.207 e. The SMILES string of the molecule is CC(C)(C)CSCCCC(C)(C)NS(=O)(=O)c1ccccc1. The van der Waals surface area contributed by atoms with Crippen molar-refractivity contribution in [2.45, 2.75) is 57.9 Å². The molecular weight excluding hydrogens is 314 g/mol. The lowest BCUT2D eigenvalue weighted by Crippen LogP contribution is -2.43. The molecule has 1 N–H and O–H groups in total. The molecule has 1 rings (SSSR count). The van der Waals surface area contributed by atoms with E-state index in [4.69, 9.17) is 0 Å². The van der Waals surface area contributed by atoms with Gasteiger partial charge in [0.15, 0.2) is 0 Å². The molecule has 0 unspecified atom stereocenters. The van der Waals surface area contributed by atoms with Crippen LogP contribution in [0.5, 0.6) is 0 Å². The maximum Gasteiger partial charge on any atom is 0.241 e. The van der Waals surface area contributed by atoms with E-state index in [2.05, 4.69) is 25.5 Å². The van der Waals surface area contributed by atoms with Crippen molar-refractivity contribution >= 4 is 21.8 Å². The van der Waals surface area contributed by atoms with Gasteiger partial charge in [-0.3, -0.25) is 0 Å². The number of rotatable bonds is 8. The van der Waals surface area contributed by atoms with E-state index < -0.39 is 15.6 Å². The molecule has 0 amide bonds. The van der Waals surface area contributed by atoms with Crippen molar-refractivity contribution in [3.63, 3.8) is 0 Å². The maximum atomic E-state index is 12.4. The zero-order chi connectivity index (χ0) is 16.9. The van der Waals surface area contributed by atoms with Gasteiger partial charge in [-0.25, -0.2) is 13.1 Å². The van der Waals surface area contributed by atoms with Gasteiger partial charge in [-0.15, -0.1) is 0 Å². The van der Waals surface area contributed by atoms with Crippen molar-refractivity contribution in [1.29, 1.82) is 0 Å². The highest BCUT2D eigenvalue weighted by Crippen LogP contribution is 2.23. The Bertz CT molecular complexity index is 546. The highest BCUT2D eigenvalue weighted by molar-refractivity contribution is 7.99. The highest BCUT2D eigenvalue weighted by atomic mass is 32.2. The first kappa shape index (κ1) is 19.5. The number of nitrogens with one attached hydrogen (secondary N) is 1. The van der Waals surface area contributed by atoms with Gasteiger partial charge in [0.2, 0.25) is 10.0 Å². The predicted molar refractivity (Wildman–Crippen MR) is 96.9 cm³/mol. The quantitative estimate of drug-likeness (QED) is 0.716. The second-order valence-corrected chi connectivity index (χ2v) is 10.3. The molecule has 0 heterocycles. The summed E-state index contributed by atoms with van der Waals surface area (Å²) < 4.78 is 27.5. The van der Waals surface area contributed by atoms with Gasteiger partial charge in [0.1, 0.15) is 0 Å². The average Bonchev–Trinajstić information content (AvgIpc) is 2.36. The number of hydrogen-bond acceptors (Lipinski definition) is 3. The van der Waals surface area contributed by atoms with Crippen LogP contribution in [0.1, 0.15) is 47.5 Å². The molecule has 0 spiro atoms. The van der Waals surface area contributed by atoms with E-state index in [1.165, 1.54) is 0 Å². The Labute approximate surface area is 140 Å². The first-order valence-electron chi connectivity index (χ1n) is 7.69. The lowest BCUT2D eigenvalue weighted by atomic mass is 10.0. The van der Waals surface area contributed by atoms with Gasteiger partial charge in [0.05, 0.1) is 4.90 Å². The van der Waals surface area contributed by atoms with Gasteiger partial charge in [0.25, 0.3) is 0 Å². The summed E-state index contributed by atoms with van der Waals surface area (Å²) in [4.78, 5) is 0.324. The van der Waals surface area contributed by atoms with E-state index in [1.54, 1.807) is 24.3 Å². The van der Waals surface area contributed by atoms with Crippen molar-refractivity contribution < 1.29 is 8.42 Å². The van der Waals surface area contributed by atoms with Gasteiger partial charge < -0.3 is 0 Å². The Hall–Kier alpha value is -0.520. The van der Waals surface area contributed by atoms with Crippen LogP contribution >= 0.6 is 11.8 Å². The average molecular weight is 344 g/mol. The third kappa shape index (κ3) is 7.65. The van der Waals surface area contributed by atoms with Gasteiger partial charge in [-0.2, -0.15) is 11.8 Å². The third-order valence-electron chi connectivity index (χ3n) is 3.09. The molecule has 3 nitrogen and oxygen atoms in total. The highest BCUT2D eigenvalue weighted by Gasteiger charge is 2.25. The number of benzene rings is 1. The fourth-order valence-corrected chi connectivity index (χ4v) is 4.64. The molecule has 5 heteroatoms. The second-order valence-electron chi connectivity index (χ2n) is 7.52. The Morgan fingerprint density at radius 1 is 1.05 bits per heavy atom. The normalized spacial score (nSPS) is 13.3. The van der Waals surface area contributed by atoms with Crippen LogP contribution in [0.4, 0.5) is 0 Å². The summed E-state index contributed by atoms with van der Waals surface area (Å²) in [7, 11) is -3.44. The van der Waals surface area contributed by atoms with Crippen LogP contribution < -0.4 is 4.72 Å². The van der Waals surface area contributed by atoms with E-state index in [9.17, 15) is 8.42 Å². The minimum atomic E-state index is -3.44. The molecule has 0 aliphatic rings. The standard InChI is InChI=1S/C17H29NO2S2/c1-16(2,3)14-21-13-9-12-17(4,5)18-22(19,20)15-10-7-6-8-11-15/h6-8,10-11,18H,9,12-14H2,1-5H3. The molecule has 1 aromatic carbocycles. The molecule has 0 aromatic heterocycles. The van der Waals surface area contributed by atoms with Crippen molar-refractivity contribution in [3.05, 3.63) is 30.3 Å². The van der Waals surface area contributed by atoms with Crippen molar-refractivity contribution in [2.75, 3.05) is 11.5 Å². The van der Waals surface area contributed by atoms with E-state index in [1.807, 2.05) is 31.7 Å². The summed E-state index contributed by atoms with van der Waals surface area (Å²) in [5.74, 6) is 2.19. The molecule has 0 saturated carbocycles. The maximum absolute atomic E-state index is 12.4. The van der Waals surface area contributed by atoms with Gasteiger partial charge >= 0.3 is 0 Å². The van der Waals surface area contributed by atoms with Gasteiger partial charge in [-0.05, 0) is 55.7 Å². The zero-order valence-corrected chi connectivity index (χ0v) is 16.0. The molecular formula is C17H29NO2S2. The zero-order valence-electron chi connectivity index (χ0n) is 14.3.